The number of aliphatic hydroxyl groups is 1. The molecule has 2 heterocycles. The third kappa shape index (κ3) is 7.41. The first kappa shape index (κ1) is 27.8. The van der Waals surface area contributed by atoms with Crippen LogP contribution in [0, 0.1) is 0 Å². The molecule has 0 radical (unpaired) electrons. The summed E-state index contributed by atoms with van der Waals surface area (Å²) in [6.45, 7) is 3.09. The first-order valence-corrected chi connectivity index (χ1v) is 13.3. The number of aromatic nitrogens is 3. The summed E-state index contributed by atoms with van der Waals surface area (Å²) in [5.74, 6) is -0.177. The van der Waals surface area contributed by atoms with Gasteiger partial charge in [-0.25, -0.2) is 0 Å². The Kier molecular flexibility index (Phi) is 9.51. The maximum atomic E-state index is 12.1. The van der Waals surface area contributed by atoms with E-state index in [1.165, 1.54) is 13.8 Å². The standard InChI is InChI=1S/C27H32N4O6S/c1-17(35-18(2)33)25(34)28-13-19-4-10-22(11-5-19)26-36-23(15-38-27-30-29-16-31(27)3)12-24(37-26)21-8-6-20(14-32)7-9-21/h4-11,16-17,23-24,26,32H,12-15H2,1-3H3,(H,28,34). The van der Waals surface area contributed by atoms with E-state index in [9.17, 15) is 14.7 Å². The summed E-state index contributed by atoms with van der Waals surface area (Å²) in [4.78, 5) is 23.2. The first-order chi connectivity index (χ1) is 18.3. The van der Waals surface area contributed by atoms with Crippen LogP contribution in [-0.4, -0.2) is 49.7 Å². The minimum absolute atomic E-state index is 0.00995. The monoisotopic (exact) mass is 540 g/mol. The molecule has 0 bridgehead atoms. The van der Waals surface area contributed by atoms with Crippen LogP contribution in [0.5, 0.6) is 0 Å². The molecule has 1 aliphatic rings. The number of carbonyl (C=O) groups is 2. The van der Waals surface area contributed by atoms with Crippen molar-refractivity contribution in [2.75, 3.05) is 5.75 Å². The van der Waals surface area contributed by atoms with Crippen LogP contribution in [0.3, 0.4) is 0 Å². The van der Waals surface area contributed by atoms with E-state index in [0.717, 1.165) is 27.4 Å². The van der Waals surface area contributed by atoms with Crippen molar-refractivity contribution >= 4 is 23.6 Å². The van der Waals surface area contributed by atoms with Crippen molar-refractivity contribution < 1.29 is 28.9 Å². The topological polar surface area (TPSA) is 125 Å². The zero-order valence-corrected chi connectivity index (χ0v) is 22.4. The lowest BCUT2D eigenvalue weighted by atomic mass is 10.0. The van der Waals surface area contributed by atoms with Crippen molar-refractivity contribution in [3.63, 3.8) is 0 Å². The molecule has 3 aromatic rings. The van der Waals surface area contributed by atoms with Crippen molar-refractivity contribution in [3.8, 4) is 0 Å². The van der Waals surface area contributed by atoms with E-state index < -0.39 is 18.4 Å². The van der Waals surface area contributed by atoms with Crippen molar-refractivity contribution in [2.24, 2.45) is 7.05 Å². The van der Waals surface area contributed by atoms with Gasteiger partial charge in [-0.3, -0.25) is 9.59 Å². The zero-order valence-electron chi connectivity index (χ0n) is 21.6. The molecule has 4 rings (SSSR count). The van der Waals surface area contributed by atoms with E-state index in [-0.39, 0.29) is 24.7 Å². The highest BCUT2D eigenvalue weighted by molar-refractivity contribution is 7.99. The molecule has 4 unspecified atom stereocenters. The number of nitrogens with zero attached hydrogens (tertiary/aromatic N) is 3. The van der Waals surface area contributed by atoms with Crippen LogP contribution in [0.25, 0.3) is 0 Å². The minimum Gasteiger partial charge on any atom is -0.453 e. The molecule has 1 aromatic heterocycles. The molecular weight excluding hydrogens is 508 g/mol. The molecule has 1 aliphatic heterocycles. The van der Waals surface area contributed by atoms with E-state index in [1.54, 1.807) is 18.1 Å². The molecule has 1 amide bonds. The molecule has 1 saturated heterocycles. The Morgan fingerprint density at radius 1 is 1.13 bits per heavy atom. The van der Waals surface area contributed by atoms with Crippen LogP contribution >= 0.6 is 11.8 Å². The molecule has 2 N–H and O–H groups in total. The lowest BCUT2D eigenvalue weighted by Crippen LogP contribution is -2.35. The molecule has 4 atom stereocenters. The first-order valence-electron chi connectivity index (χ1n) is 12.3. The molecule has 0 spiro atoms. The molecule has 10 nitrogen and oxygen atoms in total. The van der Waals surface area contributed by atoms with Gasteiger partial charge in [0.05, 0.1) is 18.8 Å². The molecule has 2 aromatic carbocycles. The summed E-state index contributed by atoms with van der Waals surface area (Å²) in [5, 5.41) is 21.1. The number of hydrogen-bond donors (Lipinski definition) is 2. The van der Waals surface area contributed by atoms with Crippen LogP contribution in [0.2, 0.25) is 0 Å². The van der Waals surface area contributed by atoms with Crippen LogP contribution in [0.1, 0.15) is 54.9 Å². The number of esters is 1. The molecule has 0 aliphatic carbocycles. The van der Waals surface area contributed by atoms with E-state index >= 15 is 0 Å². The SMILES string of the molecule is CC(=O)OC(C)C(=O)NCc1ccc(C2OC(CSc3nncn3C)CC(c3ccc(CO)cc3)O2)cc1. The second kappa shape index (κ2) is 13.0. The number of ether oxygens (including phenoxy) is 3. The van der Waals surface area contributed by atoms with Crippen molar-refractivity contribution in [1.82, 2.24) is 20.1 Å². The maximum Gasteiger partial charge on any atom is 0.303 e. The third-order valence-corrected chi connectivity index (χ3v) is 7.28. The van der Waals surface area contributed by atoms with E-state index in [1.807, 2.05) is 60.1 Å². The van der Waals surface area contributed by atoms with Gasteiger partial charge in [-0.05, 0) is 23.6 Å². The number of thioether (sulfide) groups is 1. The molecule has 1 fully saturated rings. The second-order valence-electron chi connectivity index (χ2n) is 9.10. The van der Waals surface area contributed by atoms with E-state index in [2.05, 4.69) is 15.5 Å². The Labute approximate surface area is 225 Å². The number of amides is 1. The maximum absolute atomic E-state index is 12.1. The van der Waals surface area contributed by atoms with Gasteiger partial charge in [-0.15, -0.1) is 10.2 Å². The number of carbonyl (C=O) groups excluding carboxylic acids is 2. The third-order valence-electron chi connectivity index (χ3n) is 6.11. The number of hydrogen-bond acceptors (Lipinski definition) is 9. The Morgan fingerprint density at radius 2 is 1.82 bits per heavy atom. The summed E-state index contributed by atoms with van der Waals surface area (Å²) in [6, 6.07) is 15.4. The normalized spacial score (nSPS) is 20.1. The molecule has 202 valence electrons. The molecule has 11 heteroatoms. The van der Waals surface area contributed by atoms with Crippen LogP contribution in [-0.2, 0) is 44.0 Å². The summed E-state index contributed by atoms with van der Waals surface area (Å²) >= 11 is 1.58. The quantitative estimate of drug-likeness (QED) is 0.295. The fourth-order valence-corrected chi connectivity index (χ4v) is 4.93. The number of aliphatic hydroxyl groups excluding tert-OH is 1. The lowest BCUT2D eigenvalue weighted by Gasteiger charge is -2.36. The molecule has 0 saturated carbocycles. The van der Waals surface area contributed by atoms with Gasteiger partial charge in [0.2, 0.25) is 0 Å². The van der Waals surface area contributed by atoms with Gasteiger partial charge in [0.1, 0.15) is 6.33 Å². The van der Waals surface area contributed by atoms with Gasteiger partial charge < -0.3 is 29.2 Å². The smallest absolute Gasteiger partial charge is 0.303 e. The van der Waals surface area contributed by atoms with Crippen LogP contribution in [0.4, 0.5) is 0 Å². The van der Waals surface area contributed by atoms with Gasteiger partial charge in [0.15, 0.2) is 17.6 Å². The average molecular weight is 541 g/mol. The molecule has 38 heavy (non-hydrogen) atoms. The predicted molar refractivity (Wildman–Crippen MR) is 140 cm³/mol. The fraction of sp³-hybridized carbons (Fsp3) is 0.407. The van der Waals surface area contributed by atoms with Crippen LogP contribution in [0.15, 0.2) is 60.0 Å². The highest BCUT2D eigenvalue weighted by Crippen LogP contribution is 2.39. The summed E-state index contributed by atoms with van der Waals surface area (Å²) < 4.78 is 19.5. The summed E-state index contributed by atoms with van der Waals surface area (Å²) in [7, 11) is 1.91. The van der Waals surface area contributed by atoms with Gasteiger partial charge in [0.25, 0.3) is 5.91 Å². The zero-order chi connectivity index (χ0) is 27.1. The van der Waals surface area contributed by atoms with Crippen molar-refractivity contribution in [2.45, 2.75) is 63.2 Å². The molecular formula is C27H32N4O6S. The Morgan fingerprint density at radius 3 is 2.45 bits per heavy atom. The van der Waals surface area contributed by atoms with Crippen molar-refractivity contribution in [1.29, 1.82) is 0 Å². The van der Waals surface area contributed by atoms with Gasteiger partial charge in [-0.1, -0.05) is 60.3 Å². The number of rotatable bonds is 10. The fourth-order valence-electron chi connectivity index (χ4n) is 4.02. The predicted octanol–water partition coefficient (Wildman–Crippen LogP) is 3.21. The van der Waals surface area contributed by atoms with E-state index in [0.29, 0.717) is 18.7 Å². The summed E-state index contributed by atoms with van der Waals surface area (Å²) in [5.41, 5.74) is 3.61. The Hall–Kier alpha value is -3.25. The minimum atomic E-state index is -0.851. The van der Waals surface area contributed by atoms with Gasteiger partial charge in [0, 0.05) is 38.3 Å². The van der Waals surface area contributed by atoms with Gasteiger partial charge >= 0.3 is 5.97 Å². The van der Waals surface area contributed by atoms with Crippen molar-refractivity contribution in [3.05, 3.63) is 77.1 Å². The average Bonchev–Trinajstić information content (AvgIpc) is 3.34. The lowest BCUT2D eigenvalue weighted by molar-refractivity contribution is -0.245. The summed E-state index contributed by atoms with van der Waals surface area (Å²) in [6.07, 6.45) is 0.625. The van der Waals surface area contributed by atoms with E-state index in [4.69, 9.17) is 14.2 Å². The Balaban J connectivity index is 1.44. The second-order valence-corrected chi connectivity index (χ2v) is 10.1. The number of aryl methyl sites for hydroxylation is 1. The highest BCUT2D eigenvalue weighted by atomic mass is 32.2. The van der Waals surface area contributed by atoms with Gasteiger partial charge in [-0.2, -0.15) is 0 Å². The number of benzene rings is 2. The Bertz CT molecular complexity index is 1220. The van der Waals surface area contributed by atoms with Crippen LogP contribution < -0.4 is 5.32 Å². The largest absolute Gasteiger partial charge is 0.453 e. The number of nitrogens with one attached hydrogen (secondary N) is 1. The highest BCUT2D eigenvalue weighted by Gasteiger charge is 2.32.